The molecule has 4 heterocycles. The van der Waals surface area contributed by atoms with Crippen molar-refractivity contribution in [1.29, 1.82) is 0 Å². The number of benzene rings is 2. The normalized spacial score (nSPS) is 11.7. The van der Waals surface area contributed by atoms with Crippen LogP contribution in [0.2, 0.25) is 0 Å². The summed E-state index contributed by atoms with van der Waals surface area (Å²) in [5.74, 6) is 0.205. The molecule has 0 saturated carbocycles. The van der Waals surface area contributed by atoms with Crippen LogP contribution in [0.15, 0.2) is 145 Å². The number of carbonyl (C=O) groups is 1. The van der Waals surface area contributed by atoms with Gasteiger partial charge >= 0.3 is 6.16 Å². The number of aromatic nitrogens is 3. The zero-order chi connectivity index (χ0) is 55.3. The average molecular weight is 1050 g/mol. The molecule has 410 valence electrons. The van der Waals surface area contributed by atoms with Gasteiger partial charge in [0, 0.05) is 82.4 Å². The van der Waals surface area contributed by atoms with E-state index in [0.717, 1.165) is 100 Å². The first kappa shape index (κ1) is 58.3. The third kappa shape index (κ3) is 17.6. The number of pyridine rings is 2. The second kappa shape index (κ2) is 29.4. The van der Waals surface area contributed by atoms with Gasteiger partial charge < -0.3 is 56.2 Å². The molecule has 0 aliphatic carbocycles. The molecule has 1 aliphatic heterocycles. The van der Waals surface area contributed by atoms with Crippen molar-refractivity contribution in [3.63, 3.8) is 0 Å². The lowest BCUT2D eigenvalue weighted by atomic mass is 10.00. The highest BCUT2D eigenvalue weighted by Gasteiger charge is 2.28. The molecule has 6 rings (SSSR count). The van der Waals surface area contributed by atoms with E-state index in [1.165, 1.54) is 63.5 Å². The van der Waals surface area contributed by atoms with Crippen LogP contribution in [0.5, 0.6) is 0 Å². The maximum Gasteiger partial charge on any atom is 0.506 e. The molecule has 0 spiro atoms. The van der Waals surface area contributed by atoms with E-state index in [1.54, 1.807) is 23.6 Å². The van der Waals surface area contributed by atoms with Gasteiger partial charge in [-0.25, -0.2) is 14.2 Å². The molecule has 2 aromatic carbocycles. The number of hydrogen-bond donors (Lipinski definition) is 8. The topological polar surface area (TPSA) is 171 Å². The molecule has 8 N–H and O–H groups in total. The summed E-state index contributed by atoms with van der Waals surface area (Å²) < 4.78 is 23.0. The Hall–Kier alpha value is -7.94. The van der Waals surface area contributed by atoms with Gasteiger partial charge in [-0.15, -0.1) is 0 Å². The number of ether oxygens (including phenoxy) is 1. The Labute approximate surface area is 454 Å². The van der Waals surface area contributed by atoms with E-state index in [0.29, 0.717) is 61.0 Å². The third-order valence-electron chi connectivity index (χ3n) is 14.0. The summed E-state index contributed by atoms with van der Waals surface area (Å²) in [5.41, 5.74) is 9.19. The summed E-state index contributed by atoms with van der Waals surface area (Å²) in [6.07, 6.45) is 12.5. The van der Waals surface area contributed by atoms with Crippen LogP contribution in [0.4, 0.5) is 9.18 Å². The van der Waals surface area contributed by atoms with Crippen LogP contribution in [0.1, 0.15) is 111 Å². The van der Waals surface area contributed by atoms with Crippen molar-refractivity contribution in [3.8, 4) is 11.4 Å². The van der Waals surface area contributed by atoms with Gasteiger partial charge in [-0.05, 0) is 86.1 Å². The van der Waals surface area contributed by atoms with Crippen LogP contribution < -0.4 is 53.5 Å². The van der Waals surface area contributed by atoms with Crippen LogP contribution in [-0.2, 0) is 31.0 Å². The number of carboxylic acid groups (broad SMARTS) is 1. The lowest BCUT2D eigenvalue weighted by Gasteiger charge is -2.26. The molecular weight excluding hydrogens is 968 g/mol. The first-order valence-corrected chi connectivity index (χ1v) is 27.0. The van der Waals surface area contributed by atoms with E-state index in [2.05, 4.69) is 107 Å². The number of nitrogens with zero attached hydrogens (tertiary/aromatic N) is 3. The molecule has 0 bridgehead atoms. The Bertz CT molecular complexity index is 3040. The molecule has 0 amide bonds. The maximum absolute atomic E-state index is 14.5. The zero-order valence-corrected chi connectivity index (χ0v) is 45.3. The fourth-order valence-electron chi connectivity index (χ4n) is 9.53. The number of halogens is 1. The molecule has 5 aromatic rings. The Morgan fingerprint density at radius 2 is 1.34 bits per heavy atom. The smallest absolute Gasteiger partial charge is 0.450 e. The molecular formula is C62H81FN10O4. The predicted molar refractivity (Wildman–Crippen MR) is 312 cm³/mol. The number of fused-ring (bicyclic) bond motifs is 4. The van der Waals surface area contributed by atoms with Gasteiger partial charge in [-0.2, -0.15) is 0 Å². The fraction of sp³-hybridized carbons (Fsp3) is 0.371. The lowest BCUT2D eigenvalue weighted by Crippen LogP contribution is -2.34. The second-order valence-corrected chi connectivity index (χ2v) is 20.0. The van der Waals surface area contributed by atoms with Crippen LogP contribution >= 0.6 is 0 Å². The second-order valence-electron chi connectivity index (χ2n) is 20.0. The SMILES string of the molecule is C=C(CCCCCCCCCCCn1c(=C)ccc1=C)NCC(=C)NCC(=C)NC(C(=C)NCC(=C)NCCCCNC(=C)NCc1c2c(nc3cc(F)ccc13)-c1cc(C)c(COC(=O)O)c(=O)n1C2)c1ccccc1. The summed E-state index contributed by atoms with van der Waals surface area (Å²) in [4.78, 5) is 29.4. The summed E-state index contributed by atoms with van der Waals surface area (Å²) in [6, 6.07) is 20.3. The van der Waals surface area contributed by atoms with Gasteiger partial charge in [0.05, 0.1) is 60.5 Å². The van der Waals surface area contributed by atoms with E-state index in [4.69, 9.17) is 14.8 Å². The van der Waals surface area contributed by atoms with Crippen molar-refractivity contribution in [1.82, 2.24) is 51.3 Å². The quantitative estimate of drug-likeness (QED) is 0.0138. The first-order chi connectivity index (χ1) is 37.1. The summed E-state index contributed by atoms with van der Waals surface area (Å²) >= 11 is 0. The van der Waals surface area contributed by atoms with Crippen molar-refractivity contribution < 1.29 is 19.0 Å². The number of hydrogen-bond acceptors (Lipinski definition) is 11. The number of allylic oxidation sites excluding steroid dienone is 1. The van der Waals surface area contributed by atoms with Crippen LogP contribution in [-0.4, -0.2) is 58.1 Å². The van der Waals surface area contributed by atoms with Gasteiger partial charge in [-0.3, -0.25) is 4.79 Å². The van der Waals surface area contributed by atoms with E-state index in [-0.39, 0.29) is 30.3 Å². The number of rotatable bonds is 37. The molecule has 15 heteroatoms. The van der Waals surface area contributed by atoms with Crippen molar-refractivity contribution in [2.24, 2.45) is 0 Å². The van der Waals surface area contributed by atoms with Gasteiger partial charge in [0.2, 0.25) is 0 Å². The molecule has 0 radical (unpaired) electrons. The summed E-state index contributed by atoms with van der Waals surface area (Å²) in [6.45, 7) is 39.7. The zero-order valence-electron chi connectivity index (χ0n) is 45.3. The highest BCUT2D eigenvalue weighted by atomic mass is 19.1. The van der Waals surface area contributed by atoms with Crippen LogP contribution in [0.3, 0.4) is 0 Å². The van der Waals surface area contributed by atoms with Crippen molar-refractivity contribution in [2.75, 3.05) is 32.7 Å². The van der Waals surface area contributed by atoms with Crippen LogP contribution in [0, 0.1) is 12.7 Å². The molecule has 3 aromatic heterocycles. The number of aryl methyl sites for hydroxylation is 1. The Balaban J connectivity index is 0.834. The molecule has 1 aliphatic rings. The van der Waals surface area contributed by atoms with Crippen LogP contribution in [0.25, 0.3) is 35.4 Å². The van der Waals surface area contributed by atoms with E-state index in [9.17, 15) is 14.0 Å². The highest BCUT2D eigenvalue weighted by Crippen LogP contribution is 2.36. The van der Waals surface area contributed by atoms with Gasteiger partial charge in [-0.1, -0.05) is 128 Å². The minimum atomic E-state index is -1.46. The monoisotopic (exact) mass is 1050 g/mol. The largest absolute Gasteiger partial charge is 0.506 e. The minimum Gasteiger partial charge on any atom is -0.450 e. The molecule has 14 nitrogen and oxygen atoms in total. The van der Waals surface area contributed by atoms with E-state index < -0.39 is 12.0 Å². The summed E-state index contributed by atoms with van der Waals surface area (Å²) in [5, 5.41) is 35.9. The fourth-order valence-corrected chi connectivity index (χ4v) is 9.53. The minimum absolute atomic E-state index is 0.226. The van der Waals surface area contributed by atoms with E-state index >= 15 is 0 Å². The first-order valence-electron chi connectivity index (χ1n) is 27.0. The Morgan fingerprint density at radius 3 is 2.04 bits per heavy atom. The van der Waals surface area contributed by atoms with Gasteiger partial charge in [0.15, 0.2) is 0 Å². The highest BCUT2D eigenvalue weighted by molar-refractivity contribution is 5.88. The number of unbranched alkanes of at least 4 members (excludes halogenated alkanes) is 9. The maximum atomic E-state index is 14.5. The van der Waals surface area contributed by atoms with Gasteiger partial charge in [0.25, 0.3) is 5.56 Å². The molecule has 77 heavy (non-hydrogen) atoms. The van der Waals surface area contributed by atoms with Crippen molar-refractivity contribution >= 4 is 30.2 Å². The lowest BCUT2D eigenvalue weighted by molar-refractivity contribution is 0.0848. The molecule has 0 saturated heterocycles. The van der Waals surface area contributed by atoms with Gasteiger partial charge in [0.1, 0.15) is 12.4 Å². The summed E-state index contributed by atoms with van der Waals surface area (Å²) in [7, 11) is 0. The Morgan fingerprint density at radius 1 is 0.714 bits per heavy atom. The average Bonchev–Trinajstić information content (AvgIpc) is 4.10. The van der Waals surface area contributed by atoms with Crippen molar-refractivity contribution in [3.05, 3.63) is 195 Å². The third-order valence-corrected chi connectivity index (χ3v) is 14.0. The number of nitrogens with one attached hydrogen (secondary N) is 7. The van der Waals surface area contributed by atoms with E-state index in [1.807, 2.05) is 30.3 Å². The predicted octanol–water partition coefficient (Wildman–Crippen LogP) is 9.48. The molecule has 0 fully saturated rings. The standard InChI is InChI=1S/C62H81FN10O4/c1-42-34-58-60-55(40-73(58)61(74)56(42)41-77-62(75)76)54(53-30-29-52(63)35-57(53)71-60)39-69-50(9)65-32-22-21-31-64-44(3)37-68-49(8)59(51-25-19-17-20-26-51)70-46(5)38-67-45(4)36-66-43(2)24-18-15-13-11-10-12-14-16-23-33-72-47(6)27-28-48(72)7/h17,19-20,25-30,34-35,59,64-70H,2-16,18,21-24,31-33,36-41H2,1H3,(H,75,76). The molecule has 1 unspecified atom stereocenters. The Kier molecular flexibility index (Phi) is 22.3. The van der Waals surface area contributed by atoms with Crippen molar-refractivity contribution in [2.45, 2.75) is 116 Å². The molecule has 1 atom stereocenters.